The van der Waals surface area contributed by atoms with E-state index in [1.807, 2.05) is 0 Å². The number of rotatable bonds is 8. The van der Waals surface area contributed by atoms with E-state index in [1.54, 1.807) is 37.3 Å². The second kappa shape index (κ2) is 8.55. The first-order chi connectivity index (χ1) is 11.5. The molecule has 25 heavy (non-hydrogen) atoms. The number of nitrogens with one attached hydrogen (secondary N) is 1. The van der Waals surface area contributed by atoms with Crippen LogP contribution in [0.15, 0.2) is 35.4 Å². The highest BCUT2D eigenvalue weighted by molar-refractivity contribution is 5.64. The molecular weight excluding hydrogens is 350 g/mol. The summed E-state index contributed by atoms with van der Waals surface area (Å²) in [6, 6.07) is 8.03. The second-order valence-electron chi connectivity index (χ2n) is 5.62. The zero-order valence-corrected chi connectivity index (χ0v) is 13.5. The second-order valence-corrected chi connectivity index (χ2v) is 5.62. The van der Waals surface area contributed by atoms with Crippen LogP contribution in [0.1, 0.15) is 32.6 Å². The molecule has 0 bridgehead atoms. The first-order valence-electron chi connectivity index (χ1n) is 7.74. The fourth-order valence-electron chi connectivity index (χ4n) is 2.30. The maximum absolute atomic E-state index is 13.1. The number of hydrogen-bond donors (Lipinski definition) is 2. The van der Waals surface area contributed by atoms with Gasteiger partial charge in [0.25, 0.3) is 5.60 Å². The monoisotopic (exact) mass is 370 g/mol. The summed E-state index contributed by atoms with van der Waals surface area (Å²) in [6.45, 7) is 1.76. The van der Waals surface area contributed by atoms with E-state index in [1.165, 1.54) is 0 Å². The molecular formula is C16H20F6N2O. The summed E-state index contributed by atoms with van der Waals surface area (Å²) in [5.74, 6) is -2.25. The Morgan fingerprint density at radius 1 is 1.04 bits per heavy atom. The summed E-state index contributed by atoms with van der Waals surface area (Å²) in [4.78, 5) is 0. The van der Waals surface area contributed by atoms with Crippen LogP contribution in [0.3, 0.4) is 0 Å². The average molecular weight is 370 g/mol. The first-order valence-corrected chi connectivity index (χ1v) is 7.74. The van der Waals surface area contributed by atoms with E-state index in [2.05, 4.69) is 10.5 Å². The van der Waals surface area contributed by atoms with E-state index >= 15 is 0 Å². The van der Waals surface area contributed by atoms with Gasteiger partial charge in [0.15, 0.2) is 0 Å². The van der Waals surface area contributed by atoms with Crippen LogP contribution in [0, 0.1) is 5.92 Å². The Bertz CT molecular complexity index is 528. The molecule has 3 nitrogen and oxygen atoms in total. The van der Waals surface area contributed by atoms with Gasteiger partial charge in [-0.2, -0.15) is 31.4 Å². The largest absolute Gasteiger partial charge is 0.426 e. The number of hydrazone groups is 1. The van der Waals surface area contributed by atoms with Crippen molar-refractivity contribution in [3.05, 3.63) is 30.3 Å². The van der Waals surface area contributed by atoms with E-state index < -0.39 is 30.3 Å². The topological polar surface area (TPSA) is 44.6 Å². The minimum atomic E-state index is -5.87. The maximum Gasteiger partial charge on any atom is 0.426 e. The van der Waals surface area contributed by atoms with Gasteiger partial charge in [-0.1, -0.05) is 44.4 Å². The van der Waals surface area contributed by atoms with Crippen LogP contribution < -0.4 is 5.43 Å². The predicted molar refractivity (Wildman–Crippen MR) is 83.2 cm³/mol. The van der Waals surface area contributed by atoms with Gasteiger partial charge in [0.05, 0.1) is 5.69 Å². The van der Waals surface area contributed by atoms with Gasteiger partial charge < -0.3 is 5.11 Å². The van der Waals surface area contributed by atoms with Crippen molar-refractivity contribution < 1.29 is 31.4 Å². The predicted octanol–water partition coefficient (Wildman–Crippen LogP) is 5.14. The zero-order valence-electron chi connectivity index (χ0n) is 13.5. The molecule has 2 N–H and O–H groups in total. The van der Waals surface area contributed by atoms with E-state index in [9.17, 15) is 31.4 Å². The first kappa shape index (κ1) is 21.3. The highest BCUT2D eigenvalue weighted by Crippen LogP contribution is 2.48. The molecule has 0 unspecified atom stereocenters. The SMILES string of the molecule is CCCCC[C@@H](/C=N\Nc1ccccc1)C(O)(C(F)(F)F)C(F)(F)F. The van der Waals surface area contributed by atoms with Crippen molar-refractivity contribution in [1.29, 1.82) is 0 Å². The number of nitrogens with zero attached hydrogens (tertiary/aromatic N) is 1. The lowest BCUT2D eigenvalue weighted by atomic mass is 9.83. The Kier molecular flexibility index (Phi) is 7.28. The van der Waals surface area contributed by atoms with Gasteiger partial charge >= 0.3 is 12.4 Å². The fraction of sp³-hybridized carbons (Fsp3) is 0.562. The van der Waals surface area contributed by atoms with Gasteiger partial charge in [-0.05, 0) is 18.6 Å². The normalized spacial score (nSPS) is 14.7. The average Bonchev–Trinajstić information content (AvgIpc) is 2.51. The Hall–Kier alpha value is -1.77. The standard InChI is InChI=1S/C16H20F6N2O/c1-2-3-5-8-12(11-23-24-13-9-6-4-7-10-13)14(25,15(17,18)19)16(20,21)22/h4,6-7,9-12,24-25H,2-3,5,8H2,1H3/b23-11-/t12-/m0/s1. The molecule has 0 aliphatic rings. The van der Waals surface area contributed by atoms with Crippen molar-refractivity contribution >= 4 is 11.9 Å². The van der Waals surface area contributed by atoms with Crippen molar-refractivity contribution in [1.82, 2.24) is 0 Å². The Balaban J connectivity index is 3.08. The summed E-state index contributed by atoms with van der Waals surface area (Å²) in [5.41, 5.74) is -2.09. The number of halogens is 6. The number of aliphatic hydroxyl groups is 1. The van der Waals surface area contributed by atoms with Gasteiger partial charge in [-0.25, -0.2) is 0 Å². The number of unbranched alkanes of at least 4 members (excludes halogenated alkanes) is 2. The smallest absolute Gasteiger partial charge is 0.373 e. The third-order valence-electron chi connectivity index (χ3n) is 3.74. The van der Waals surface area contributed by atoms with Crippen molar-refractivity contribution in [2.45, 2.75) is 50.6 Å². The molecule has 0 aliphatic carbocycles. The van der Waals surface area contributed by atoms with Gasteiger partial charge in [0.1, 0.15) is 0 Å². The molecule has 1 rings (SSSR count). The molecule has 1 aromatic rings. The minimum Gasteiger partial charge on any atom is -0.373 e. The molecule has 0 amide bonds. The lowest BCUT2D eigenvalue weighted by Crippen LogP contribution is -2.62. The van der Waals surface area contributed by atoms with Crippen LogP contribution in [0.2, 0.25) is 0 Å². The molecule has 1 atom stereocenters. The third kappa shape index (κ3) is 5.35. The van der Waals surface area contributed by atoms with Crippen LogP contribution >= 0.6 is 0 Å². The Morgan fingerprint density at radius 3 is 2.08 bits per heavy atom. The van der Waals surface area contributed by atoms with E-state index in [4.69, 9.17) is 0 Å². The molecule has 0 spiro atoms. The van der Waals surface area contributed by atoms with Gasteiger partial charge in [0.2, 0.25) is 0 Å². The number of hydrogen-bond acceptors (Lipinski definition) is 3. The molecule has 142 valence electrons. The Morgan fingerprint density at radius 2 is 1.60 bits per heavy atom. The highest BCUT2D eigenvalue weighted by atomic mass is 19.4. The lowest BCUT2D eigenvalue weighted by molar-refractivity contribution is -0.378. The lowest BCUT2D eigenvalue weighted by Gasteiger charge is -2.37. The maximum atomic E-state index is 13.1. The van der Waals surface area contributed by atoms with Gasteiger partial charge in [-0.15, -0.1) is 0 Å². The summed E-state index contributed by atoms with van der Waals surface area (Å²) >= 11 is 0. The number of alkyl halides is 6. The molecule has 0 saturated carbocycles. The van der Waals surface area contributed by atoms with E-state index in [0.29, 0.717) is 24.7 Å². The van der Waals surface area contributed by atoms with E-state index in [0.717, 1.165) is 0 Å². The van der Waals surface area contributed by atoms with E-state index in [-0.39, 0.29) is 6.42 Å². The highest BCUT2D eigenvalue weighted by Gasteiger charge is 2.73. The Labute approximate surface area is 141 Å². The molecule has 0 fully saturated rings. The van der Waals surface area contributed by atoms with Crippen LogP contribution in [-0.2, 0) is 0 Å². The van der Waals surface area contributed by atoms with Crippen LogP contribution in [-0.4, -0.2) is 29.3 Å². The van der Waals surface area contributed by atoms with Crippen molar-refractivity contribution in [3.63, 3.8) is 0 Å². The fourth-order valence-corrected chi connectivity index (χ4v) is 2.30. The minimum absolute atomic E-state index is 0.104. The van der Waals surface area contributed by atoms with Crippen molar-refractivity contribution in [2.75, 3.05) is 5.43 Å². The van der Waals surface area contributed by atoms with Crippen LogP contribution in [0.5, 0.6) is 0 Å². The summed E-state index contributed by atoms with van der Waals surface area (Å²) < 4.78 is 78.3. The molecule has 0 aliphatic heterocycles. The van der Waals surface area contributed by atoms with Crippen LogP contribution in [0.25, 0.3) is 0 Å². The molecule has 0 heterocycles. The molecule has 9 heteroatoms. The summed E-state index contributed by atoms with van der Waals surface area (Å²) in [6.07, 6.45) is -10.6. The third-order valence-corrected chi connectivity index (χ3v) is 3.74. The quantitative estimate of drug-likeness (QED) is 0.288. The van der Waals surface area contributed by atoms with Crippen molar-refractivity contribution in [3.8, 4) is 0 Å². The molecule has 0 saturated heterocycles. The summed E-state index contributed by atoms with van der Waals surface area (Å²) in [7, 11) is 0. The number of anilines is 1. The van der Waals surface area contributed by atoms with Gasteiger partial charge in [0, 0.05) is 12.1 Å². The summed E-state index contributed by atoms with van der Waals surface area (Å²) in [5, 5.41) is 13.1. The number of benzene rings is 1. The number of para-hydroxylation sites is 1. The van der Waals surface area contributed by atoms with Crippen LogP contribution in [0.4, 0.5) is 32.0 Å². The molecule has 0 radical (unpaired) electrons. The van der Waals surface area contributed by atoms with Crippen molar-refractivity contribution in [2.24, 2.45) is 11.0 Å². The molecule has 1 aromatic carbocycles. The molecule has 0 aromatic heterocycles. The zero-order chi connectivity index (χ0) is 19.1. The van der Waals surface area contributed by atoms with Gasteiger partial charge in [-0.3, -0.25) is 5.43 Å².